The third-order valence-electron chi connectivity index (χ3n) is 1.53. The first kappa shape index (κ1) is 7.72. The normalized spacial score (nSPS) is 9.92. The molecule has 2 aromatic rings. The Hall–Kier alpha value is -1.91. The minimum Gasteiger partial charge on any atom is -0.322 e. The smallest absolute Gasteiger partial charge is 0.153 e. The summed E-state index contributed by atoms with van der Waals surface area (Å²) in [4.78, 5) is 7.98. The van der Waals surface area contributed by atoms with Crippen molar-refractivity contribution in [2.24, 2.45) is 0 Å². The minimum absolute atomic E-state index is 0.689. The van der Waals surface area contributed by atoms with Crippen LogP contribution in [0.2, 0.25) is 0 Å². The van der Waals surface area contributed by atoms with Gasteiger partial charge in [-0.25, -0.2) is 4.98 Å². The monoisotopic (exact) mass is 175 g/mol. The van der Waals surface area contributed by atoms with Crippen molar-refractivity contribution in [3.05, 3.63) is 30.4 Å². The van der Waals surface area contributed by atoms with Crippen LogP contribution in [0.4, 0.5) is 11.6 Å². The van der Waals surface area contributed by atoms with Gasteiger partial charge in [-0.05, 0) is 6.92 Å². The minimum atomic E-state index is 0.689. The van der Waals surface area contributed by atoms with E-state index in [-0.39, 0.29) is 0 Å². The standard InChI is InChI=1S/C8H9N5/c1-6-4-7(13-12-6)11-8-5-9-2-3-10-8/h2-5H,1H3,(H2,10,11,12,13). The van der Waals surface area contributed by atoms with E-state index in [1.165, 1.54) is 0 Å². The molecule has 0 saturated carbocycles. The van der Waals surface area contributed by atoms with Gasteiger partial charge in [-0.2, -0.15) is 5.10 Å². The molecular weight excluding hydrogens is 166 g/mol. The molecule has 0 spiro atoms. The van der Waals surface area contributed by atoms with Crippen LogP contribution in [0.25, 0.3) is 0 Å². The maximum atomic E-state index is 4.06. The first-order valence-electron chi connectivity index (χ1n) is 3.89. The topological polar surface area (TPSA) is 66.5 Å². The average Bonchev–Trinajstić information content (AvgIpc) is 2.53. The quantitative estimate of drug-likeness (QED) is 0.720. The first-order chi connectivity index (χ1) is 6.34. The van der Waals surface area contributed by atoms with Crippen LogP contribution >= 0.6 is 0 Å². The summed E-state index contributed by atoms with van der Waals surface area (Å²) < 4.78 is 0. The predicted octanol–water partition coefficient (Wildman–Crippen LogP) is 1.25. The second-order valence-electron chi connectivity index (χ2n) is 2.65. The molecule has 0 unspecified atom stereocenters. The van der Waals surface area contributed by atoms with E-state index in [4.69, 9.17) is 0 Å². The van der Waals surface area contributed by atoms with Gasteiger partial charge in [-0.1, -0.05) is 0 Å². The molecule has 2 aromatic heterocycles. The van der Waals surface area contributed by atoms with Crippen molar-refractivity contribution in [3.8, 4) is 0 Å². The molecule has 0 saturated heterocycles. The summed E-state index contributed by atoms with van der Waals surface area (Å²) >= 11 is 0. The molecule has 0 amide bonds. The molecule has 0 aliphatic heterocycles. The summed E-state index contributed by atoms with van der Waals surface area (Å²) in [7, 11) is 0. The summed E-state index contributed by atoms with van der Waals surface area (Å²) in [5.41, 5.74) is 1.01. The van der Waals surface area contributed by atoms with E-state index in [1.807, 2.05) is 13.0 Å². The third kappa shape index (κ3) is 1.81. The van der Waals surface area contributed by atoms with Gasteiger partial charge in [0.15, 0.2) is 5.82 Å². The number of hydrogen-bond donors (Lipinski definition) is 2. The van der Waals surface area contributed by atoms with E-state index in [9.17, 15) is 0 Å². The van der Waals surface area contributed by atoms with Gasteiger partial charge in [0, 0.05) is 24.2 Å². The molecular formula is C8H9N5. The Bertz CT molecular complexity index is 380. The van der Waals surface area contributed by atoms with Crippen molar-refractivity contribution >= 4 is 11.6 Å². The highest BCUT2D eigenvalue weighted by molar-refractivity contribution is 5.49. The molecule has 5 heteroatoms. The lowest BCUT2D eigenvalue weighted by molar-refractivity contribution is 1.05. The first-order valence-corrected chi connectivity index (χ1v) is 3.89. The Labute approximate surface area is 75.2 Å². The Morgan fingerprint density at radius 1 is 1.31 bits per heavy atom. The number of rotatable bonds is 2. The maximum Gasteiger partial charge on any atom is 0.153 e. The lowest BCUT2D eigenvalue weighted by atomic mass is 10.5. The predicted molar refractivity (Wildman–Crippen MR) is 48.6 cm³/mol. The van der Waals surface area contributed by atoms with Gasteiger partial charge < -0.3 is 5.32 Å². The second-order valence-corrected chi connectivity index (χ2v) is 2.65. The molecule has 0 aromatic carbocycles. The number of aryl methyl sites for hydroxylation is 1. The zero-order valence-corrected chi connectivity index (χ0v) is 7.15. The van der Waals surface area contributed by atoms with Crippen molar-refractivity contribution in [2.75, 3.05) is 5.32 Å². The molecule has 0 fully saturated rings. The van der Waals surface area contributed by atoms with Crippen LogP contribution < -0.4 is 5.32 Å². The number of nitrogens with one attached hydrogen (secondary N) is 2. The Balaban J connectivity index is 2.15. The van der Waals surface area contributed by atoms with Gasteiger partial charge in [0.05, 0.1) is 6.20 Å². The number of hydrogen-bond acceptors (Lipinski definition) is 4. The maximum absolute atomic E-state index is 4.06. The second kappa shape index (κ2) is 3.22. The molecule has 0 atom stereocenters. The number of anilines is 2. The van der Waals surface area contributed by atoms with Crippen molar-refractivity contribution in [1.82, 2.24) is 20.2 Å². The van der Waals surface area contributed by atoms with Gasteiger partial charge in [0.2, 0.25) is 0 Å². The lowest BCUT2D eigenvalue weighted by Crippen LogP contribution is -1.93. The summed E-state index contributed by atoms with van der Waals surface area (Å²) in [6, 6.07) is 1.90. The van der Waals surface area contributed by atoms with Crippen LogP contribution in [-0.2, 0) is 0 Å². The zero-order valence-electron chi connectivity index (χ0n) is 7.15. The van der Waals surface area contributed by atoms with E-state index >= 15 is 0 Å². The highest BCUT2D eigenvalue weighted by Crippen LogP contribution is 2.09. The van der Waals surface area contributed by atoms with Crippen molar-refractivity contribution in [1.29, 1.82) is 0 Å². The molecule has 66 valence electrons. The molecule has 0 radical (unpaired) electrons. The number of aromatic amines is 1. The molecule has 0 bridgehead atoms. The van der Waals surface area contributed by atoms with E-state index in [0.29, 0.717) is 5.82 Å². The molecule has 2 rings (SSSR count). The van der Waals surface area contributed by atoms with E-state index in [1.54, 1.807) is 18.6 Å². The Morgan fingerprint density at radius 2 is 2.23 bits per heavy atom. The fraction of sp³-hybridized carbons (Fsp3) is 0.125. The van der Waals surface area contributed by atoms with Crippen LogP contribution in [-0.4, -0.2) is 20.2 Å². The average molecular weight is 175 g/mol. The highest BCUT2D eigenvalue weighted by atomic mass is 15.2. The van der Waals surface area contributed by atoms with E-state index in [2.05, 4.69) is 25.5 Å². The molecule has 2 heterocycles. The largest absolute Gasteiger partial charge is 0.322 e. The summed E-state index contributed by atoms with van der Waals surface area (Å²) in [5, 5.41) is 9.84. The van der Waals surface area contributed by atoms with Gasteiger partial charge in [0.1, 0.15) is 5.82 Å². The third-order valence-corrected chi connectivity index (χ3v) is 1.53. The van der Waals surface area contributed by atoms with Crippen molar-refractivity contribution in [3.63, 3.8) is 0 Å². The molecule has 5 nitrogen and oxygen atoms in total. The summed E-state index contributed by atoms with van der Waals surface area (Å²) in [6.45, 7) is 1.94. The molecule has 0 aliphatic rings. The fourth-order valence-corrected chi connectivity index (χ4v) is 0.977. The zero-order chi connectivity index (χ0) is 9.10. The summed E-state index contributed by atoms with van der Waals surface area (Å²) in [5.74, 6) is 1.44. The van der Waals surface area contributed by atoms with Crippen LogP contribution in [0.15, 0.2) is 24.7 Å². The van der Waals surface area contributed by atoms with Crippen molar-refractivity contribution in [2.45, 2.75) is 6.92 Å². The number of H-pyrrole nitrogens is 1. The molecule has 2 N–H and O–H groups in total. The van der Waals surface area contributed by atoms with Crippen LogP contribution in [0, 0.1) is 6.92 Å². The molecule has 13 heavy (non-hydrogen) atoms. The number of nitrogens with zero attached hydrogens (tertiary/aromatic N) is 3. The van der Waals surface area contributed by atoms with Gasteiger partial charge in [-0.15, -0.1) is 0 Å². The van der Waals surface area contributed by atoms with Crippen LogP contribution in [0.5, 0.6) is 0 Å². The summed E-state index contributed by atoms with van der Waals surface area (Å²) in [6.07, 6.45) is 4.90. The Kier molecular flexibility index (Phi) is 1.91. The van der Waals surface area contributed by atoms with E-state index in [0.717, 1.165) is 11.5 Å². The van der Waals surface area contributed by atoms with E-state index < -0.39 is 0 Å². The SMILES string of the molecule is Cc1cc(Nc2cnccn2)n[nH]1. The molecule has 0 aliphatic carbocycles. The van der Waals surface area contributed by atoms with Gasteiger partial charge in [-0.3, -0.25) is 10.1 Å². The van der Waals surface area contributed by atoms with Crippen molar-refractivity contribution < 1.29 is 0 Å². The lowest BCUT2D eigenvalue weighted by Gasteiger charge is -1.98. The number of aromatic nitrogens is 4. The van der Waals surface area contributed by atoms with Gasteiger partial charge in [0.25, 0.3) is 0 Å². The van der Waals surface area contributed by atoms with Crippen LogP contribution in [0.1, 0.15) is 5.69 Å². The Morgan fingerprint density at radius 3 is 2.85 bits per heavy atom. The van der Waals surface area contributed by atoms with Gasteiger partial charge >= 0.3 is 0 Å². The fourth-order valence-electron chi connectivity index (χ4n) is 0.977. The van der Waals surface area contributed by atoms with Crippen LogP contribution in [0.3, 0.4) is 0 Å². The highest BCUT2D eigenvalue weighted by Gasteiger charge is 1.97.